The number of nitrogens with zero attached hydrogens (tertiary/aromatic N) is 2. The number of benzene rings is 1. The number of rotatable bonds is 1. The summed E-state index contributed by atoms with van der Waals surface area (Å²) in [6.45, 7) is 1.83. The minimum Gasteiger partial charge on any atom is -0.330 e. The predicted molar refractivity (Wildman–Crippen MR) is 73.7 cm³/mol. The van der Waals surface area contributed by atoms with Crippen LogP contribution in [0.25, 0.3) is 11.4 Å². The molecule has 2 aromatic rings. The second-order valence-corrected chi connectivity index (χ2v) is 3.86. The van der Waals surface area contributed by atoms with E-state index in [1.165, 1.54) is 17.0 Å². The number of hydrogen-bond acceptors (Lipinski definition) is 2. The average molecular weight is 272 g/mol. The molecule has 3 rings (SSSR count). The lowest BCUT2D eigenvalue weighted by Crippen LogP contribution is -2.06. The molecule has 3 nitrogen and oxygen atoms in total. The van der Waals surface area contributed by atoms with E-state index in [9.17, 15) is 0 Å². The van der Waals surface area contributed by atoms with Crippen LogP contribution in [-0.2, 0) is 20.1 Å². The first-order chi connectivity index (χ1) is 7.36. The third-order valence-electron chi connectivity index (χ3n) is 2.91. The number of halogens is 2. The molecule has 1 N–H and O–H groups in total. The highest BCUT2D eigenvalue weighted by Gasteiger charge is 2.19. The fourth-order valence-electron chi connectivity index (χ4n) is 2.10. The van der Waals surface area contributed by atoms with E-state index in [-0.39, 0.29) is 24.8 Å². The molecular weight excluding hydrogens is 257 g/mol. The molecule has 0 atom stereocenters. The van der Waals surface area contributed by atoms with Gasteiger partial charge in [0, 0.05) is 25.7 Å². The van der Waals surface area contributed by atoms with Gasteiger partial charge in [-0.05, 0) is 0 Å². The molecule has 1 aromatic carbocycles. The fraction of sp³-hybridized carbons (Fsp3) is 0.250. The van der Waals surface area contributed by atoms with Gasteiger partial charge < -0.3 is 9.88 Å². The lowest BCUT2D eigenvalue weighted by Gasteiger charge is -2.04. The van der Waals surface area contributed by atoms with Crippen LogP contribution in [0.5, 0.6) is 0 Å². The summed E-state index contributed by atoms with van der Waals surface area (Å²) in [6.07, 6.45) is 0. The van der Waals surface area contributed by atoms with E-state index in [0.717, 1.165) is 18.9 Å². The summed E-state index contributed by atoms with van der Waals surface area (Å²) in [5, 5.41) is 3.30. The molecule has 0 amide bonds. The molecule has 92 valence electrons. The Bertz CT molecular complexity index is 494. The van der Waals surface area contributed by atoms with Crippen molar-refractivity contribution in [1.29, 1.82) is 0 Å². The van der Waals surface area contributed by atoms with E-state index in [0.29, 0.717) is 0 Å². The molecular formula is C12H15Cl2N3. The molecule has 0 fully saturated rings. The smallest absolute Gasteiger partial charge is 0.140 e. The van der Waals surface area contributed by atoms with Crippen molar-refractivity contribution in [3.05, 3.63) is 41.7 Å². The van der Waals surface area contributed by atoms with Crippen molar-refractivity contribution in [2.45, 2.75) is 13.1 Å². The van der Waals surface area contributed by atoms with Gasteiger partial charge in [-0.25, -0.2) is 4.98 Å². The van der Waals surface area contributed by atoms with Crippen LogP contribution in [-0.4, -0.2) is 9.55 Å². The van der Waals surface area contributed by atoms with Crippen LogP contribution in [0.2, 0.25) is 0 Å². The summed E-state index contributed by atoms with van der Waals surface area (Å²) in [4.78, 5) is 4.66. The topological polar surface area (TPSA) is 29.9 Å². The molecule has 0 saturated carbocycles. The zero-order valence-corrected chi connectivity index (χ0v) is 11.1. The van der Waals surface area contributed by atoms with Crippen molar-refractivity contribution in [3.63, 3.8) is 0 Å². The highest BCUT2D eigenvalue weighted by atomic mass is 35.5. The zero-order chi connectivity index (χ0) is 10.3. The van der Waals surface area contributed by atoms with E-state index in [1.54, 1.807) is 0 Å². The van der Waals surface area contributed by atoms with Crippen molar-refractivity contribution in [2.75, 3.05) is 0 Å². The molecule has 0 saturated heterocycles. The van der Waals surface area contributed by atoms with E-state index in [2.05, 4.69) is 34.0 Å². The Labute approximate surface area is 113 Å². The number of imidazole rings is 1. The molecule has 2 heterocycles. The highest BCUT2D eigenvalue weighted by Crippen LogP contribution is 2.23. The molecule has 0 bridgehead atoms. The maximum absolute atomic E-state index is 4.66. The summed E-state index contributed by atoms with van der Waals surface area (Å²) in [7, 11) is 2.08. The normalized spacial score (nSPS) is 12.5. The first kappa shape index (κ1) is 14.0. The van der Waals surface area contributed by atoms with Crippen molar-refractivity contribution >= 4 is 24.8 Å². The maximum Gasteiger partial charge on any atom is 0.140 e. The number of fused-ring (bicyclic) bond motifs is 1. The van der Waals surface area contributed by atoms with E-state index >= 15 is 0 Å². The van der Waals surface area contributed by atoms with Gasteiger partial charge in [-0.3, -0.25) is 0 Å². The molecule has 0 spiro atoms. The van der Waals surface area contributed by atoms with Crippen LogP contribution >= 0.6 is 24.8 Å². The standard InChI is InChI=1S/C12H13N3.2ClH/c1-15-11-8-13-7-10(11)14-12(15)9-5-3-2-4-6-9;;/h2-6,13H,7-8H2,1H3;2*1H. The Hall–Kier alpha value is -1.03. The van der Waals surface area contributed by atoms with E-state index in [1.807, 2.05) is 18.2 Å². The fourth-order valence-corrected chi connectivity index (χ4v) is 2.10. The molecule has 1 aromatic heterocycles. The van der Waals surface area contributed by atoms with Crippen molar-refractivity contribution in [2.24, 2.45) is 7.05 Å². The van der Waals surface area contributed by atoms with Gasteiger partial charge in [-0.1, -0.05) is 30.3 Å². The second kappa shape index (κ2) is 5.54. The van der Waals surface area contributed by atoms with Crippen LogP contribution in [0.4, 0.5) is 0 Å². The minimum absolute atomic E-state index is 0. The molecule has 0 unspecified atom stereocenters. The van der Waals surface area contributed by atoms with Crippen molar-refractivity contribution in [3.8, 4) is 11.4 Å². The van der Waals surface area contributed by atoms with Gasteiger partial charge in [-0.2, -0.15) is 0 Å². The molecule has 1 aliphatic heterocycles. The highest BCUT2D eigenvalue weighted by molar-refractivity contribution is 5.85. The lowest BCUT2D eigenvalue weighted by molar-refractivity contribution is 0.716. The van der Waals surface area contributed by atoms with Gasteiger partial charge >= 0.3 is 0 Å². The number of aromatic nitrogens is 2. The summed E-state index contributed by atoms with van der Waals surface area (Å²) >= 11 is 0. The van der Waals surface area contributed by atoms with Crippen molar-refractivity contribution in [1.82, 2.24) is 14.9 Å². The van der Waals surface area contributed by atoms with E-state index in [4.69, 9.17) is 0 Å². The summed E-state index contributed by atoms with van der Waals surface area (Å²) in [6, 6.07) is 10.3. The van der Waals surface area contributed by atoms with E-state index < -0.39 is 0 Å². The van der Waals surface area contributed by atoms with Gasteiger partial charge in [0.25, 0.3) is 0 Å². The third kappa shape index (κ3) is 2.32. The van der Waals surface area contributed by atoms with Crippen LogP contribution in [0, 0.1) is 0 Å². The van der Waals surface area contributed by atoms with Crippen molar-refractivity contribution < 1.29 is 0 Å². The minimum atomic E-state index is 0. The third-order valence-corrected chi connectivity index (χ3v) is 2.91. The Morgan fingerprint density at radius 3 is 2.47 bits per heavy atom. The lowest BCUT2D eigenvalue weighted by atomic mass is 10.2. The van der Waals surface area contributed by atoms with Gasteiger partial charge in [-0.15, -0.1) is 24.8 Å². The first-order valence-corrected chi connectivity index (χ1v) is 5.17. The van der Waals surface area contributed by atoms with Crippen LogP contribution in [0.15, 0.2) is 30.3 Å². The van der Waals surface area contributed by atoms with Crippen LogP contribution in [0.3, 0.4) is 0 Å². The Morgan fingerprint density at radius 1 is 1.12 bits per heavy atom. The molecule has 17 heavy (non-hydrogen) atoms. The largest absolute Gasteiger partial charge is 0.330 e. The Kier molecular flexibility index (Phi) is 4.57. The van der Waals surface area contributed by atoms with Gasteiger partial charge in [0.05, 0.1) is 11.4 Å². The summed E-state index contributed by atoms with van der Waals surface area (Å²) in [5.74, 6) is 1.07. The number of nitrogens with one attached hydrogen (secondary N) is 1. The van der Waals surface area contributed by atoms with Gasteiger partial charge in [0.2, 0.25) is 0 Å². The zero-order valence-electron chi connectivity index (χ0n) is 9.51. The van der Waals surface area contributed by atoms with Gasteiger partial charge in [0.1, 0.15) is 5.82 Å². The monoisotopic (exact) mass is 271 g/mol. The number of hydrogen-bond donors (Lipinski definition) is 1. The predicted octanol–water partition coefficient (Wildman–Crippen LogP) is 2.53. The maximum atomic E-state index is 4.66. The SMILES string of the molecule is Cl.Cl.Cn1c(-c2ccccc2)nc2c1CNC2. The van der Waals surface area contributed by atoms with Gasteiger partial charge in [0.15, 0.2) is 0 Å². The van der Waals surface area contributed by atoms with Crippen LogP contribution in [0.1, 0.15) is 11.4 Å². The molecule has 0 radical (unpaired) electrons. The van der Waals surface area contributed by atoms with Crippen LogP contribution < -0.4 is 5.32 Å². The average Bonchev–Trinajstić information content (AvgIpc) is 2.83. The Morgan fingerprint density at radius 2 is 1.82 bits per heavy atom. The second-order valence-electron chi connectivity index (χ2n) is 3.86. The Balaban J connectivity index is 0.000000722. The summed E-state index contributed by atoms with van der Waals surface area (Å²) < 4.78 is 2.19. The molecule has 0 aliphatic carbocycles. The quantitative estimate of drug-likeness (QED) is 0.864. The summed E-state index contributed by atoms with van der Waals surface area (Å²) in [5.41, 5.74) is 3.69. The molecule has 5 heteroatoms. The first-order valence-electron chi connectivity index (χ1n) is 5.17. The molecule has 1 aliphatic rings.